The highest BCUT2D eigenvalue weighted by Crippen LogP contribution is 2.18. The Labute approximate surface area is 150 Å². The number of amides is 1. The maximum absolute atomic E-state index is 12.4. The lowest BCUT2D eigenvalue weighted by Crippen LogP contribution is -2.18. The van der Waals surface area contributed by atoms with E-state index in [1.165, 1.54) is 5.56 Å². The number of aromatic nitrogens is 3. The first-order chi connectivity index (χ1) is 12.8. The molecule has 0 unspecified atom stereocenters. The predicted molar refractivity (Wildman–Crippen MR) is 98.7 cm³/mol. The van der Waals surface area contributed by atoms with E-state index in [-0.39, 0.29) is 12.3 Å². The van der Waals surface area contributed by atoms with Crippen molar-refractivity contribution in [3.05, 3.63) is 78.1 Å². The van der Waals surface area contributed by atoms with Crippen LogP contribution in [-0.4, -0.2) is 20.8 Å². The molecular weight excluding hydrogens is 328 g/mol. The lowest BCUT2D eigenvalue weighted by molar-refractivity contribution is -0.115. The molecule has 130 valence electrons. The second kappa shape index (κ2) is 7.23. The first kappa shape index (κ1) is 16.1. The molecule has 2 aromatic carbocycles. The fraction of sp³-hybridized carbons (Fsp3) is 0.150. The molecule has 6 nitrogen and oxygen atoms in total. The van der Waals surface area contributed by atoms with E-state index in [0.29, 0.717) is 23.6 Å². The Morgan fingerprint density at radius 1 is 1.04 bits per heavy atom. The van der Waals surface area contributed by atoms with E-state index in [9.17, 15) is 4.79 Å². The summed E-state index contributed by atoms with van der Waals surface area (Å²) in [6, 6.07) is 19.5. The number of nitrogens with zero attached hydrogens (tertiary/aromatic N) is 3. The van der Waals surface area contributed by atoms with Crippen molar-refractivity contribution in [3.8, 4) is 0 Å². The standard InChI is InChI=1S/C20H18N4O2/c25-20(14-17-16-8-4-5-9-18(16)26-23-17)22-19-10-12-21-24(19)13-11-15-6-2-1-3-7-15/h1-10,12H,11,13-14H2,(H,22,25). The SMILES string of the molecule is O=C(Cc1noc2ccccc12)Nc1ccnn1CCc1ccccc1. The summed E-state index contributed by atoms with van der Waals surface area (Å²) in [4.78, 5) is 12.4. The third kappa shape index (κ3) is 3.49. The van der Waals surface area contributed by atoms with E-state index in [1.807, 2.05) is 42.5 Å². The zero-order valence-corrected chi connectivity index (χ0v) is 14.1. The van der Waals surface area contributed by atoms with Gasteiger partial charge in [-0.1, -0.05) is 47.6 Å². The van der Waals surface area contributed by atoms with Gasteiger partial charge in [-0.05, 0) is 24.1 Å². The Kier molecular flexibility index (Phi) is 4.47. The molecule has 4 rings (SSSR count). The molecule has 0 saturated heterocycles. The minimum atomic E-state index is -0.148. The van der Waals surface area contributed by atoms with Crippen molar-refractivity contribution < 1.29 is 9.32 Å². The Morgan fingerprint density at radius 3 is 2.73 bits per heavy atom. The van der Waals surface area contributed by atoms with Gasteiger partial charge in [0.2, 0.25) is 5.91 Å². The van der Waals surface area contributed by atoms with Crippen molar-refractivity contribution in [1.82, 2.24) is 14.9 Å². The summed E-state index contributed by atoms with van der Waals surface area (Å²) in [5.41, 5.74) is 2.55. The third-order valence-electron chi connectivity index (χ3n) is 4.22. The van der Waals surface area contributed by atoms with Crippen molar-refractivity contribution in [2.45, 2.75) is 19.4 Å². The average molecular weight is 346 g/mol. The largest absolute Gasteiger partial charge is 0.356 e. The molecule has 0 atom stereocenters. The van der Waals surface area contributed by atoms with Crippen molar-refractivity contribution in [2.24, 2.45) is 0 Å². The molecule has 26 heavy (non-hydrogen) atoms. The molecule has 0 spiro atoms. The quantitative estimate of drug-likeness (QED) is 0.580. The molecule has 0 fully saturated rings. The molecule has 2 aromatic heterocycles. The molecule has 0 bridgehead atoms. The Morgan fingerprint density at radius 2 is 1.85 bits per heavy atom. The van der Waals surface area contributed by atoms with Crippen LogP contribution in [0.15, 0.2) is 71.4 Å². The van der Waals surface area contributed by atoms with Crippen LogP contribution in [-0.2, 0) is 24.2 Å². The second-order valence-corrected chi connectivity index (χ2v) is 6.03. The maximum Gasteiger partial charge on any atom is 0.231 e. The van der Waals surface area contributed by atoms with Crippen LogP contribution >= 0.6 is 0 Å². The minimum Gasteiger partial charge on any atom is -0.356 e. The van der Waals surface area contributed by atoms with Crippen LogP contribution in [0.4, 0.5) is 5.82 Å². The molecule has 0 saturated carbocycles. The van der Waals surface area contributed by atoms with Gasteiger partial charge in [0.05, 0.1) is 12.6 Å². The Hall–Kier alpha value is -3.41. The van der Waals surface area contributed by atoms with E-state index in [0.717, 1.165) is 11.8 Å². The molecule has 4 aromatic rings. The number of carbonyl (C=O) groups excluding carboxylic acids is 1. The maximum atomic E-state index is 12.4. The summed E-state index contributed by atoms with van der Waals surface area (Å²) in [7, 11) is 0. The zero-order valence-electron chi connectivity index (χ0n) is 14.1. The summed E-state index contributed by atoms with van der Waals surface area (Å²) >= 11 is 0. The first-order valence-electron chi connectivity index (χ1n) is 8.48. The average Bonchev–Trinajstić information content (AvgIpc) is 3.28. The van der Waals surface area contributed by atoms with Gasteiger partial charge in [0.15, 0.2) is 5.58 Å². The monoisotopic (exact) mass is 346 g/mol. The van der Waals surface area contributed by atoms with Gasteiger partial charge in [0, 0.05) is 18.0 Å². The van der Waals surface area contributed by atoms with Crippen LogP contribution in [0.2, 0.25) is 0 Å². The number of rotatable bonds is 6. The summed E-state index contributed by atoms with van der Waals surface area (Å²) in [5.74, 6) is 0.532. The lowest BCUT2D eigenvalue weighted by Gasteiger charge is -2.08. The summed E-state index contributed by atoms with van der Waals surface area (Å²) in [5, 5.41) is 12.1. The fourth-order valence-electron chi connectivity index (χ4n) is 2.90. The number of aryl methyl sites for hydroxylation is 2. The number of hydrogen-bond acceptors (Lipinski definition) is 4. The van der Waals surface area contributed by atoms with Crippen molar-refractivity contribution in [2.75, 3.05) is 5.32 Å². The van der Waals surface area contributed by atoms with Gasteiger partial charge in [0.25, 0.3) is 0 Å². The first-order valence-corrected chi connectivity index (χ1v) is 8.48. The van der Waals surface area contributed by atoms with Gasteiger partial charge in [0.1, 0.15) is 11.5 Å². The van der Waals surface area contributed by atoms with E-state index in [2.05, 4.69) is 27.7 Å². The van der Waals surface area contributed by atoms with E-state index in [4.69, 9.17) is 4.52 Å². The van der Waals surface area contributed by atoms with E-state index >= 15 is 0 Å². The number of anilines is 1. The fourth-order valence-corrected chi connectivity index (χ4v) is 2.90. The van der Waals surface area contributed by atoms with Crippen molar-refractivity contribution in [1.29, 1.82) is 0 Å². The molecular formula is C20H18N4O2. The van der Waals surface area contributed by atoms with Crippen LogP contribution in [0.25, 0.3) is 11.0 Å². The lowest BCUT2D eigenvalue weighted by atomic mass is 10.1. The molecule has 1 amide bonds. The van der Waals surface area contributed by atoms with Crippen molar-refractivity contribution >= 4 is 22.7 Å². The number of hydrogen-bond donors (Lipinski definition) is 1. The van der Waals surface area contributed by atoms with Crippen molar-refractivity contribution in [3.63, 3.8) is 0 Å². The van der Waals surface area contributed by atoms with Gasteiger partial charge in [-0.25, -0.2) is 4.68 Å². The summed E-state index contributed by atoms with van der Waals surface area (Å²) < 4.78 is 7.05. The van der Waals surface area contributed by atoms with Gasteiger partial charge in [-0.3, -0.25) is 4.79 Å². The van der Waals surface area contributed by atoms with Gasteiger partial charge in [-0.2, -0.15) is 5.10 Å². The summed E-state index contributed by atoms with van der Waals surface area (Å²) in [6.45, 7) is 0.694. The zero-order chi connectivity index (χ0) is 17.8. The van der Waals surface area contributed by atoms with Gasteiger partial charge < -0.3 is 9.84 Å². The van der Waals surface area contributed by atoms with Crippen LogP contribution in [0.1, 0.15) is 11.3 Å². The number of benzene rings is 2. The van der Waals surface area contributed by atoms with Gasteiger partial charge in [-0.15, -0.1) is 0 Å². The number of nitrogens with one attached hydrogen (secondary N) is 1. The Balaban J connectivity index is 1.41. The number of carbonyl (C=O) groups is 1. The smallest absolute Gasteiger partial charge is 0.231 e. The van der Waals surface area contributed by atoms with Crippen LogP contribution in [0.3, 0.4) is 0 Å². The highest BCUT2D eigenvalue weighted by molar-refractivity contribution is 5.94. The van der Waals surface area contributed by atoms with Gasteiger partial charge >= 0.3 is 0 Å². The molecule has 2 heterocycles. The van der Waals surface area contributed by atoms with Crippen LogP contribution in [0, 0.1) is 0 Å². The number of para-hydroxylation sites is 1. The minimum absolute atomic E-state index is 0.148. The Bertz CT molecular complexity index is 1020. The summed E-state index contributed by atoms with van der Waals surface area (Å²) in [6.07, 6.45) is 2.69. The predicted octanol–water partition coefficient (Wildman–Crippen LogP) is 3.45. The second-order valence-electron chi connectivity index (χ2n) is 6.03. The molecule has 1 N–H and O–H groups in total. The topological polar surface area (TPSA) is 73.0 Å². The molecule has 0 aliphatic rings. The molecule has 6 heteroatoms. The highest BCUT2D eigenvalue weighted by Gasteiger charge is 2.13. The van der Waals surface area contributed by atoms with E-state index < -0.39 is 0 Å². The molecule has 0 aliphatic carbocycles. The van der Waals surface area contributed by atoms with Crippen LogP contribution in [0.5, 0.6) is 0 Å². The van der Waals surface area contributed by atoms with Crippen LogP contribution < -0.4 is 5.32 Å². The third-order valence-corrected chi connectivity index (χ3v) is 4.22. The number of fused-ring (bicyclic) bond motifs is 1. The highest BCUT2D eigenvalue weighted by atomic mass is 16.5. The molecule has 0 aliphatic heterocycles. The van der Waals surface area contributed by atoms with E-state index in [1.54, 1.807) is 16.9 Å². The molecule has 0 radical (unpaired) electrons. The normalized spacial score (nSPS) is 10.9.